The standard InChI is InChI=1S/C43H28O/c1-27-24-33(26-39-34-12-8-9-17-40(34)44-43(27)39)29-18-21-30(22-19-29)41-35-13-4-6-15-37(35)42(38-16-7-5-14-36(38)41)32-23-20-28-10-2-3-11-31(28)25-32/h2-26H,1H3. The van der Waals surface area contributed by atoms with Crippen LogP contribution in [-0.2, 0) is 0 Å². The Balaban J connectivity index is 1.23. The quantitative estimate of drug-likeness (QED) is 0.196. The monoisotopic (exact) mass is 560 g/mol. The molecule has 44 heavy (non-hydrogen) atoms. The van der Waals surface area contributed by atoms with Crippen LogP contribution in [0.5, 0.6) is 0 Å². The fourth-order valence-electron chi connectivity index (χ4n) is 7.09. The smallest absolute Gasteiger partial charge is 0.138 e. The van der Waals surface area contributed by atoms with Gasteiger partial charge in [0.25, 0.3) is 0 Å². The van der Waals surface area contributed by atoms with E-state index in [0.717, 1.165) is 22.1 Å². The molecule has 0 aliphatic carbocycles. The summed E-state index contributed by atoms with van der Waals surface area (Å²) in [4.78, 5) is 0. The number of hydrogen-bond donors (Lipinski definition) is 0. The third-order valence-electron chi connectivity index (χ3n) is 9.14. The summed E-state index contributed by atoms with van der Waals surface area (Å²) in [6, 6.07) is 55.1. The lowest BCUT2D eigenvalue weighted by atomic mass is 9.85. The Labute approximate surface area is 255 Å². The number of hydrogen-bond acceptors (Lipinski definition) is 1. The topological polar surface area (TPSA) is 13.1 Å². The van der Waals surface area contributed by atoms with E-state index in [-0.39, 0.29) is 0 Å². The minimum Gasteiger partial charge on any atom is -0.456 e. The SMILES string of the molecule is Cc1cc(-c2ccc(-c3c4ccccc4c(-c4ccc5ccccc5c4)c4ccccc34)cc2)cc2c1oc1ccccc12. The van der Waals surface area contributed by atoms with E-state index in [0.29, 0.717) is 0 Å². The minimum absolute atomic E-state index is 0.934. The van der Waals surface area contributed by atoms with Gasteiger partial charge in [-0.1, -0.05) is 127 Å². The second kappa shape index (κ2) is 9.69. The molecule has 0 N–H and O–H groups in total. The molecule has 9 aromatic rings. The number of para-hydroxylation sites is 1. The van der Waals surface area contributed by atoms with E-state index < -0.39 is 0 Å². The number of furan rings is 1. The molecule has 1 heteroatoms. The average Bonchev–Trinajstić information content (AvgIpc) is 3.46. The van der Waals surface area contributed by atoms with E-state index in [1.807, 2.05) is 12.1 Å². The Kier molecular flexibility index (Phi) is 5.48. The molecule has 206 valence electrons. The summed E-state index contributed by atoms with van der Waals surface area (Å²) in [5, 5.41) is 9.93. The molecule has 0 unspecified atom stereocenters. The highest BCUT2D eigenvalue weighted by Gasteiger charge is 2.17. The zero-order valence-corrected chi connectivity index (χ0v) is 24.3. The first kappa shape index (κ1) is 24.9. The molecule has 0 saturated carbocycles. The van der Waals surface area contributed by atoms with Crippen molar-refractivity contribution in [2.45, 2.75) is 6.92 Å². The van der Waals surface area contributed by atoms with Crippen LogP contribution in [0.15, 0.2) is 156 Å². The van der Waals surface area contributed by atoms with Gasteiger partial charge < -0.3 is 4.42 Å². The second-order valence-electron chi connectivity index (χ2n) is 11.7. The third-order valence-corrected chi connectivity index (χ3v) is 9.14. The zero-order chi connectivity index (χ0) is 29.2. The molecule has 1 aromatic heterocycles. The molecular weight excluding hydrogens is 532 g/mol. The summed E-state index contributed by atoms with van der Waals surface area (Å²) in [6.07, 6.45) is 0. The van der Waals surface area contributed by atoms with Gasteiger partial charge >= 0.3 is 0 Å². The van der Waals surface area contributed by atoms with Crippen LogP contribution >= 0.6 is 0 Å². The first-order valence-electron chi connectivity index (χ1n) is 15.2. The highest BCUT2D eigenvalue weighted by Crippen LogP contribution is 2.44. The molecule has 0 saturated heterocycles. The number of benzene rings is 8. The van der Waals surface area contributed by atoms with Crippen molar-refractivity contribution in [1.82, 2.24) is 0 Å². The van der Waals surface area contributed by atoms with Gasteiger partial charge in [-0.3, -0.25) is 0 Å². The van der Waals surface area contributed by atoms with E-state index in [1.54, 1.807) is 0 Å². The lowest BCUT2D eigenvalue weighted by Gasteiger charge is -2.18. The van der Waals surface area contributed by atoms with Gasteiger partial charge in [-0.05, 0) is 102 Å². The van der Waals surface area contributed by atoms with E-state index >= 15 is 0 Å². The van der Waals surface area contributed by atoms with Crippen molar-refractivity contribution in [3.8, 4) is 33.4 Å². The van der Waals surface area contributed by atoms with Gasteiger partial charge in [0, 0.05) is 10.8 Å². The van der Waals surface area contributed by atoms with Crippen LogP contribution in [0.3, 0.4) is 0 Å². The molecule has 9 rings (SSSR count). The Hall–Kier alpha value is -5.66. The van der Waals surface area contributed by atoms with Crippen molar-refractivity contribution < 1.29 is 4.42 Å². The van der Waals surface area contributed by atoms with E-state index in [1.165, 1.54) is 71.1 Å². The molecule has 0 spiro atoms. The number of aryl methyl sites for hydroxylation is 1. The van der Waals surface area contributed by atoms with Gasteiger partial charge in [-0.2, -0.15) is 0 Å². The van der Waals surface area contributed by atoms with Crippen LogP contribution in [-0.4, -0.2) is 0 Å². The normalized spacial score (nSPS) is 11.8. The van der Waals surface area contributed by atoms with Gasteiger partial charge in [-0.25, -0.2) is 0 Å². The summed E-state index contributed by atoms with van der Waals surface area (Å²) >= 11 is 0. The Morgan fingerprint density at radius 1 is 0.364 bits per heavy atom. The molecule has 8 aromatic carbocycles. The molecule has 1 heterocycles. The molecule has 0 atom stereocenters. The summed E-state index contributed by atoms with van der Waals surface area (Å²) in [6.45, 7) is 2.14. The van der Waals surface area contributed by atoms with Crippen LogP contribution in [0.2, 0.25) is 0 Å². The summed E-state index contributed by atoms with van der Waals surface area (Å²) in [7, 11) is 0. The van der Waals surface area contributed by atoms with Gasteiger partial charge in [-0.15, -0.1) is 0 Å². The molecule has 0 fully saturated rings. The average molecular weight is 561 g/mol. The first-order chi connectivity index (χ1) is 21.7. The lowest BCUT2D eigenvalue weighted by Crippen LogP contribution is -1.91. The van der Waals surface area contributed by atoms with Crippen molar-refractivity contribution in [2.24, 2.45) is 0 Å². The predicted molar refractivity (Wildman–Crippen MR) is 187 cm³/mol. The molecular formula is C43H28O. The van der Waals surface area contributed by atoms with Crippen molar-refractivity contribution >= 4 is 54.3 Å². The summed E-state index contributed by atoms with van der Waals surface area (Å²) < 4.78 is 6.20. The van der Waals surface area contributed by atoms with Gasteiger partial charge in [0.2, 0.25) is 0 Å². The molecule has 0 amide bonds. The Morgan fingerprint density at radius 2 is 0.886 bits per heavy atom. The van der Waals surface area contributed by atoms with Crippen LogP contribution in [0.1, 0.15) is 5.56 Å². The molecule has 1 nitrogen and oxygen atoms in total. The fraction of sp³-hybridized carbons (Fsp3) is 0.0233. The van der Waals surface area contributed by atoms with Crippen molar-refractivity contribution in [3.63, 3.8) is 0 Å². The van der Waals surface area contributed by atoms with E-state index in [2.05, 4.69) is 146 Å². The third kappa shape index (κ3) is 3.80. The molecule has 0 bridgehead atoms. The maximum absolute atomic E-state index is 6.20. The summed E-state index contributed by atoms with van der Waals surface area (Å²) in [5.41, 5.74) is 10.5. The van der Waals surface area contributed by atoms with Crippen molar-refractivity contribution in [3.05, 3.63) is 157 Å². The fourth-order valence-corrected chi connectivity index (χ4v) is 7.09. The van der Waals surface area contributed by atoms with Crippen molar-refractivity contribution in [2.75, 3.05) is 0 Å². The van der Waals surface area contributed by atoms with Gasteiger partial charge in [0.1, 0.15) is 11.2 Å². The minimum atomic E-state index is 0.934. The lowest BCUT2D eigenvalue weighted by molar-refractivity contribution is 0.666. The van der Waals surface area contributed by atoms with Crippen molar-refractivity contribution in [1.29, 1.82) is 0 Å². The van der Waals surface area contributed by atoms with Crippen LogP contribution in [0.4, 0.5) is 0 Å². The Bertz CT molecular complexity index is 2490. The summed E-state index contributed by atoms with van der Waals surface area (Å²) in [5.74, 6) is 0. The maximum atomic E-state index is 6.20. The largest absolute Gasteiger partial charge is 0.456 e. The molecule has 0 aliphatic rings. The maximum Gasteiger partial charge on any atom is 0.138 e. The predicted octanol–water partition coefficient (Wildman–Crippen LogP) is 12.4. The van der Waals surface area contributed by atoms with Gasteiger partial charge in [0.15, 0.2) is 0 Å². The first-order valence-corrected chi connectivity index (χ1v) is 15.2. The van der Waals surface area contributed by atoms with Crippen LogP contribution in [0.25, 0.3) is 87.6 Å². The van der Waals surface area contributed by atoms with Crippen LogP contribution in [0, 0.1) is 6.92 Å². The van der Waals surface area contributed by atoms with E-state index in [9.17, 15) is 0 Å². The second-order valence-corrected chi connectivity index (χ2v) is 11.7. The Morgan fingerprint density at radius 3 is 1.57 bits per heavy atom. The zero-order valence-electron chi connectivity index (χ0n) is 24.3. The number of rotatable bonds is 3. The van der Waals surface area contributed by atoms with E-state index in [4.69, 9.17) is 4.42 Å². The number of fused-ring (bicyclic) bond motifs is 6. The highest BCUT2D eigenvalue weighted by atomic mass is 16.3. The molecule has 0 radical (unpaired) electrons. The highest BCUT2D eigenvalue weighted by molar-refractivity contribution is 6.21. The molecule has 0 aliphatic heterocycles. The van der Waals surface area contributed by atoms with Crippen LogP contribution < -0.4 is 0 Å². The van der Waals surface area contributed by atoms with Gasteiger partial charge in [0.05, 0.1) is 0 Å².